The molecule has 6 unspecified atom stereocenters. The van der Waals surface area contributed by atoms with Gasteiger partial charge in [-0.2, -0.15) is 8.42 Å². The van der Waals surface area contributed by atoms with Crippen molar-refractivity contribution in [3.05, 3.63) is 46.5 Å². The van der Waals surface area contributed by atoms with Crippen LogP contribution in [0.1, 0.15) is 91.5 Å². The number of allylic oxidation sites excluding steroid dienone is 3. The molecular formula is C46H63ClN4O17S3. The minimum atomic E-state index is -4.97. The lowest BCUT2D eigenvalue weighted by Crippen LogP contribution is -2.63. The summed E-state index contributed by atoms with van der Waals surface area (Å²) in [4.78, 5) is 98.6. The standard InChI is InChI=1S/C46H63ClN4O17S3/c1-25-11-10-12-35(65-9)46(60)24-32(66-43(59)48-46)26(2)41-45(67-41,34(53)22-39(57)50(7)29-20-28(19-25)21-31(64-8)40(29)47)23-30(52)27(3)49(6)36(54)15-17-44(4,5)70-69-18-16-33(71(61,62)63)42(58)68-51-37(55)13-14-38(51)56/h10-12,20-21,26-27,32-35,41,53,60H,13-19,22-24H2,1-9H3,(H,48,59)(H,61,62,63)/b12-10+,25-11+/t26?,27-,32?,33?,34?,35?,41+,45+,46?/m0/s1. The number of ether oxygens (including phenoxy) is 4. The number of amides is 5. The maximum atomic E-state index is 14.3. The van der Waals surface area contributed by atoms with Crippen LogP contribution in [0.4, 0.5) is 10.5 Å². The largest absolute Gasteiger partial charge is 0.495 e. The Kier molecular flexibility index (Phi) is 18.9. The minimum absolute atomic E-state index is 0.00513. The van der Waals surface area contributed by atoms with Gasteiger partial charge < -0.3 is 43.8 Å². The number of fused-ring (bicyclic) bond motifs is 5. The van der Waals surface area contributed by atoms with E-state index < -0.39 is 129 Å². The van der Waals surface area contributed by atoms with Crippen LogP contribution in [0, 0.1) is 5.92 Å². The first-order chi connectivity index (χ1) is 33.1. The number of methoxy groups -OCH3 is 2. The van der Waals surface area contributed by atoms with E-state index in [1.807, 2.05) is 26.8 Å². The van der Waals surface area contributed by atoms with E-state index in [9.17, 15) is 56.7 Å². The lowest BCUT2D eigenvalue weighted by atomic mass is 9.80. The molecule has 0 aliphatic carbocycles. The number of nitrogens with zero attached hydrogens (tertiary/aromatic N) is 3. The molecule has 1 aromatic rings. The van der Waals surface area contributed by atoms with E-state index in [2.05, 4.69) is 5.32 Å². The van der Waals surface area contributed by atoms with Gasteiger partial charge in [0, 0.05) is 69.7 Å². The summed E-state index contributed by atoms with van der Waals surface area (Å²) in [5.74, 6) is -5.08. The van der Waals surface area contributed by atoms with Crippen molar-refractivity contribution in [1.29, 1.82) is 0 Å². The van der Waals surface area contributed by atoms with Crippen LogP contribution in [0.3, 0.4) is 0 Å². The molecule has 3 fully saturated rings. The lowest BCUT2D eigenvalue weighted by Gasteiger charge is -2.42. The number of aliphatic hydroxyl groups excluding tert-OH is 1. The number of hydroxylamine groups is 2. The fourth-order valence-electron chi connectivity index (χ4n) is 8.61. The molecule has 21 nitrogen and oxygen atoms in total. The van der Waals surface area contributed by atoms with E-state index in [0.29, 0.717) is 17.9 Å². The molecule has 0 saturated carbocycles. The van der Waals surface area contributed by atoms with Gasteiger partial charge in [-0.3, -0.25) is 33.8 Å². The van der Waals surface area contributed by atoms with Gasteiger partial charge in [0.15, 0.2) is 16.8 Å². The number of halogens is 1. The van der Waals surface area contributed by atoms with Crippen LogP contribution in [-0.2, 0) is 64.4 Å². The molecule has 4 heterocycles. The molecule has 5 amide bonds. The van der Waals surface area contributed by atoms with Crippen molar-refractivity contribution in [2.24, 2.45) is 5.92 Å². The molecule has 1 aromatic carbocycles. The van der Waals surface area contributed by atoms with Crippen LogP contribution in [-0.4, -0.2) is 160 Å². The van der Waals surface area contributed by atoms with E-state index in [0.717, 1.165) is 21.9 Å². The third-order valence-electron chi connectivity index (χ3n) is 13.2. The molecule has 0 aromatic heterocycles. The average Bonchev–Trinajstić information content (AvgIpc) is 3.94. The van der Waals surface area contributed by atoms with Gasteiger partial charge in [-0.05, 0) is 64.7 Å². The first kappa shape index (κ1) is 57.6. The highest BCUT2D eigenvalue weighted by Gasteiger charge is 2.66. The number of Topliss-reactive ketones (excluding diaryl/α,β-unsaturated/α-hetero) is 1. The predicted octanol–water partition coefficient (Wildman–Crippen LogP) is 4.10. The van der Waals surface area contributed by atoms with Crippen molar-refractivity contribution in [3.8, 4) is 5.75 Å². The summed E-state index contributed by atoms with van der Waals surface area (Å²) in [5.41, 5.74) is -1.76. The van der Waals surface area contributed by atoms with Gasteiger partial charge in [-0.1, -0.05) is 63.9 Å². The van der Waals surface area contributed by atoms with Crippen molar-refractivity contribution >= 4 is 90.5 Å². The Balaban J connectivity index is 1.29. The molecule has 0 spiro atoms. The zero-order chi connectivity index (χ0) is 53.0. The predicted molar refractivity (Wildman–Crippen MR) is 262 cm³/mol. The number of benzene rings is 1. The van der Waals surface area contributed by atoms with Crippen LogP contribution >= 0.6 is 33.2 Å². The number of carbonyl (C=O) groups excluding carboxylic acids is 7. The Morgan fingerprint density at radius 2 is 1.77 bits per heavy atom. The molecule has 3 saturated heterocycles. The number of epoxide rings is 1. The number of rotatable bonds is 17. The molecule has 0 radical (unpaired) electrons. The number of aliphatic hydroxyl groups is 2. The van der Waals surface area contributed by atoms with Gasteiger partial charge in [0.25, 0.3) is 21.9 Å². The number of hydrogen-bond donors (Lipinski definition) is 4. The van der Waals surface area contributed by atoms with Gasteiger partial charge in [0.1, 0.15) is 28.6 Å². The van der Waals surface area contributed by atoms with Gasteiger partial charge in [-0.25, -0.2) is 9.59 Å². The number of likely N-dealkylation sites (N-methyl/N-ethyl adjacent to an activating group) is 1. The number of nitrogens with one attached hydrogen (secondary N) is 1. The SMILES string of the molecule is COc1cc2cc(c1Cl)N(C)C(=O)CC(O)[C@@]1(CC(=O)[C@H](C)N(C)C(=O)CCC(C)(C)SSCCC(C(=O)ON3C(=O)CCC3=O)S(=O)(=O)O)O[C@@H]1C(C)C1CC(O)(NC(=O)O1)C(OC)/C=C/C=C(\C)C2. The van der Waals surface area contributed by atoms with Crippen molar-refractivity contribution < 1.29 is 80.5 Å². The number of imide groups is 1. The summed E-state index contributed by atoms with van der Waals surface area (Å²) in [6.45, 7) is 8.71. The van der Waals surface area contributed by atoms with Gasteiger partial charge in [-0.15, -0.1) is 5.06 Å². The summed E-state index contributed by atoms with van der Waals surface area (Å²) in [7, 11) is 3.21. The van der Waals surface area contributed by atoms with E-state index in [1.54, 1.807) is 31.2 Å². The summed E-state index contributed by atoms with van der Waals surface area (Å²) in [5, 5.41) is 24.7. The monoisotopic (exact) mass is 1070 g/mol. The van der Waals surface area contributed by atoms with Gasteiger partial charge >= 0.3 is 12.1 Å². The fraction of sp³-hybridized carbons (Fsp3) is 0.630. The molecular weight excluding hydrogens is 1010 g/mol. The molecule has 4 bridgehead atoms. The Morgan fingerprint density at radius 3 is 2.39 bits per heavy atom. The number of ketones is 1. The van der Waals surface area contributed by atoms with Gasteiger partial charge in [0.05, 0.1) is 37.5 Å². The maximum absolute atomic E-state index is 14.3. The first-order valence-electron chi connectivity index (χ1n) is 22.8. The topological polar surface area (TPSA) is 286 Å². The third kappa shape index (κ3) is 13.9. The van der Waals surface area contributed by atoms with Crippen LogP contribution in [0.2, 0.25) is 5.02 Å². The fourth-order valence-corrected chi connectivity index (χ4v) is 12.4. The number of alkyl carbamates (subject to hydrolysis) is 1. The summed E-state index contributed by atoms with van der Waals surface area (Å²) in [6, 6.07) is 2.40. The molecule has 4 aliphatic rings. The van der Waals surface area contributed by atoms with E-state index in [-0.39, 0.29) is 47.9 Å². The smallest absolute Gasteiger partial charge is 0.409 e. The van der Waals surface area contributed by atoms with E-state index in [4.69, 9.17) is 35.4 Å². The number of hydrogen-bond acceptors (Lipinski definition) is 18. The highest BCUT2D eigenvalue weighted by Crippen LogP contribution is 2.51. The molecule has 4 aliphatic heterocycles. The number of carbonyl (C=O) groups is 7. The molecule has 71 heavy (non-hydrogen) atoms. The molecule has 394 valence electrons. The summed E-state index contributed by atoms with van der Waals surface area (Å²) in [6.07, 6.45) is -1.95. The molecule has 9 atom stereocenters. The second-order valence-electron chi connectivity index (χ2n) is 18.9. The Labute approximate surface area is 425 Å². The second-order valence-corrected chi connectivity index (χ2v) is 24.0. The van der Waals surface area contributed by atoms with Crippen molar-refractivity contribution in [2.75, 3.05) is 39.0 Å². The molecule has 4 N–H and O–H groups in total. The second kappa shape index (κ2) is 23.3. The summed E-state index contributed by atoms with van der Waals surface area (Å²) < 4.78 is 56.3. The average molecular weight is 1080 g/mol. The lowest BCUT2D eigenvalue weighted by molar-refractivity contribution is -0.197. The first-order valence-corrected chi connectivity index (χ1v) is 27.0. The third-order valence-corrected chi connectivity index (χ3v) is 18.1. The maximum Gasteiger partial charge on any atom is 0.409 e. The van der Waals surface area contributed by atoms with Crippen molar-refractivity contribution in [1.82, 2.24) is 15.3 Å². The molecule has 5 rings (SSSR count). The van der Waals surface area contributed by atoms with E-state index in [1.165, 1.54) is 55.8 Å². The van der Waals surface area contributed by atoms with Crippen LogP contribution in [0.5, 0.6) is 5.75 Å². The highest BCUT2D eigenvalue weighted by molar-refractivity contribution is 8.77. The van der Waals surface area contributed by atoms with Gasteiger partial charge in [0.2, 0.25) is 11.8 Å². The zero-order valence-corrected chi connectivity index (χ0v) is 44.2. The highest BCUT2D eigenvalue weighted by atomic mass is 35.5. The Morgan fingerprint density at radius 1 is 1.11 bits per heavy atom. The van der Waals surface area contributed by atoms with E-state index >= 15 is 0 Å². The number of anilines is 1. The van der Waals surface area contributed by atoms with Crippen LogP contribution < -0.4 is 15.0 Å². The zero-order valence-electron chi connectivity index (χ0n) is 41.0. The van der Waals surface area contributed by atoms with Crippen molar-refractivity contribution in [3.63, 3.8) is 0 Å². The minimum Gasteiger partial charge on any atom is -0.495 e. The van der Waals surface area contributed by atoms with Crippen LogP contribution in [0.15, 0.2) is 35.9 Å². The quantitative estimate of drug-likeness (QED) is 0.0562. The van der Waals surface area contributed by atoms with Crippen molar-refractivity contribution in [2.45, 2.75) is 144 Å². The normalized spacial score (nSPS) is 28.4. The molecule has 25 heteroatoms. The van der Waals surface area contributed by atoms with Crippen LogP contribution in [0.25, 0.3) is 0 Å². The summed E-state index contributed by atoms with van der Waals surface area (Å²) >= 11 is 6.74. The Hall–Kier alpha value is -4.27. The Bertz CT molecular complexity index is 2410.